The minimum absolute atomic E-state index is 0.147. The number of benzene rings is 2. The lowest BCUT2D eigenvalue weighted by atomic mass is 10.1. The molecule has 2 aromatic carbocycles. The van der Waals surface area contributed by atoms with Crippen molar-refractivity contribution >= 4 is 5.91 Å². The first kappa shape index (κ1) is 15.7. The highest BCUT2D eigenvalue weighted by molar-refractivity contribution is 5.94. The van der Waals surface area contributed by atoms with Gasteiger partial charge in [0, 0.05) is 18.5 Å². The third-order valence-corrected chi connectivity index (χ3v) is 4.18. The van der Waals surface area contributed by atoms with Crippen LogP contribution in [-0.2, 0) is 13.0 Å². The van der Waals surface area contributed by atoms with Crippen LogP contribution < -0.4 is 5.32 Å². The van der Waals surface area contributed by atoms with Crippen LogP contribution in [0.5, 0.6) is 0 Å². The average molecular weight is 310 g/mol. The van der Waals surface area contributed by atoms with Gasteiger partial charge in [0.05, 0.1) is 12.1 Å². The predicted molar refractivity (Wildman–Crippen MR) is 90.2 cm³/mol. The Hall–Kier alpha value is -2.17. The quantitative estimate of drug-likeness (QED) is 0.910. The van der Waals surface area contributed by atoms with Gasteiger partial charge in [-0.15, -0.1) is 0 Å². The fourth-order valence-corrected chi connectivity index (χ4v) is 3.15. The zero-order valence-corrected chi connectivity index (χ0v) is 13.5. The molecule has 2 aromatic rings. The Bertz CT molecular complexity index is 712. The van der Waals surface area contributed by atoms with Crippen LogP contribution in [-0.4, -0.2) is 36.1 Å². The van der Waals surface area contributed by atoms with E-state index in [4.69, 9.17) is 0 Å². The van der Waals surface area contributed by atoms with Crippen LogP contribution >= 0.6 is 0 Å². The van der Waals surface area contributed by atoms with Gasteiger partial charge >= 0.3 is 0 Å². The minimum atomic E-state index is -0.568. The van der Waals surface area contributed by atoms with Crippen LogP contribution in [0.25, 0.3) is 0 Å². The van der Waals surface area contributed by atoms with Gasteiger partial charge in [-0.3, -0.25) is 4.79 Å². The fourth-order valence-electron chi connectivity index (χ4n) is 3.15. The molecule has 0 heterocycles. The highest BCUT2D eigenvalue weighted by Gasteiger charge is 2.32. The highest BCUT2D eigenvalue weighted by Crippen LogP contribution is 2.31. The van der Waals surface area contributed by atoms with E-state index in [1.165, 1.54) is 0 Å². The van der Waals surface area contributed by atoms with Gasteiger partial charge in [-0.1, -0.05) is 36.4 Å². The standard InChI is InChI=1S/C19H22N2O2/c1-21(2)12-13-6-5-8-15(10-13)19(23)20-18-16-9-4-3-7-14(16)11-17(18)22/h3-10,17-18,22H,11-12H2,1-2H3,(H,20,23). The Labute approximate surface area is 136 Å². The Kier molecular flexibility index (Phi) is 4.46. The van der Waals surface area contributed by atoms with Crippen LogP contribution in [0.4, 0.5) is 0 Å². The molecule has 0 fully saturated rings. The number of amides is 1. The Morgan fingerprint density at radius 1 is 1.22 bits per heavy atom. The summed E-state index contributed by atoms with van der Waals surface area (Å²) in [5.41, 5.74) is 3.83. The van der Waals surface area contributed by atoms with Gasteiger partial charge in [0.15, 0.2) is 0 Å². The maximum absolute atomic E-state index is 12.6. The zero-order valence-electron chi connectivity index (χ0n) is 13.5. The second-order valence-corrected chi connectivity index (χ2v) is 6.36. The topological polar surface area (TPSA) is 52.6 Å². The molecule has 2 N–H and O–H groups in total. The van der Waals surface area contributed by atoms with Crippen LogP contribution in [0.1, 0.15) is 33.1 Å². The van der Waals surface area contributed by atoms with Crippen LogP contribution in [0.15, 0.2) is 48.5 Å². The van der Waals surface area contributed by atoms with E-state index in [1.54, 1.807) is 0 Å². The third-order valence-electron chi connectivity index (χ3n) is 4.18. The van der Waals surface area contributed by atoms with E-state index < -0.39 is 6.10 Å². The maximum Gasteiger partial charge on any atom is 0.251 e. The van der Waals surface area contributed by atoms with E-state index >= 15 is 0 Å². The molecule has 0 saturated heterocycles. The van der Waals surface area contributed by atoms with Crippen molar-refractivity contribution < 1.29 is 9.90 Å². The molecule has 2 atom stereocenters. The molecule has 1 aliphatic rings. The summed E-state index contributed by atoms with van der Waals surface area (Å²) < 4.78 is 0. The van der Waals surface area contributed by atoms with Crippen molar-refractivity contribution in [3.8, 4) is 0 Å². The summed E-state index contributed by atoms with van der Waals surface area (Å²) in [6.45, 7) is 0.788. The monoisotopic (exact) mass is 310 g/mol. The summed E-state index contributed by atoms with van der Waals surface area (Å²) in [6.07, 6.45) is 0.0169. The van der Waals surface area contributed by atoms with E-state index in [0.717, 1.165) is 23.2 Å². The largest absolute Gasteiger partial charge is 0.390 e. The van der Waals surface area contributed by atoms with E-state index in [-0.39, 0.29) is 11.9 Å². The number of aliphatic hydroxyl groups excluding tert-OH is 1. The first-order valence-corrected chi connectivity index (χ1v) is 7.85. The van der Waals surface area contributed by atoms with Crippen molar-refractivity contribution in [2.75, 3.05) is 14.1 Å². The predicted octanol–water partition coefficient (Wildman–Crippen LogP) is 2.14. The Morgan fingerprint density at radius 3 is 2.78 bits per heavy atom. The van der Waals surface area contributed by atoms with Gasteiger partial charge in [-0.05, 0) is 42.9 Å². The van der Waals surface area contributed by atoms with Gasteiger partial charge < -0.3 is 15.3 Å². The zero-order chi connectivity index (χ0) is 16.4. The van der Waals surface area contributed by atoms with Crippen molar-refractivity contribution in [3.63, 3.8) is 0 Å². The summed E-state index contributed by atoms with van der Waals surface area (Å²) >= 11 is 0. The number of fused-ring (bicyclic) bond motifs is 1. The lowest BCUT2D eigenvalue weighted by Crippen LogP contribution is -2.33. The minimum Gasteiger partial charge on any atom is -0.390 e. The van der Waals surface area contributed by atoms with Crippen molar-refractivity contribution in [1.29, 1.82) is 0 Å². The molecule has 0 aromatic heterocycles. The summed E-state index contributed by atoms with van der Waals surface area (Å²) in [4.78, 5) is 14.6. The molecule has 1 amide bonds. The number of hydrogen-bond acceptors (Lipinski definition) is 3. The molecule has 0 spiro atoms. The number of hydrogen-bond donors (Lipinski definition) is 2. The van der Waals surface area contributed by atoms with Gasteiger partial charge in [0.25, 0.3) is 5.91 Å². The fraction of sp³-hybridized carbons (Fsp3) is 0.316. The van der Waals surface area contributed by atoms with Crippen molar-refractivity contribution in [1.82, 2.24) is 10.2 Å². The smallest absolute Gasteiger partial charge is 0.251 e. The van der Waals surface area contributed by atoms with Crippen molar-refractivity contribution in [2.45, 2.75) is 25.1 Å². The highest BCUT2D eigenvalue weighted by atomic mass is 16.3. The number of nitrogens with one attached hydrogen (secondary N) is 1. The molecule has 120 valence electrons. The Morgan fingerprint density at radius 2 is 2.00 bits per heavy atom. The SMILES string of the molecule is CN(C)Cc1cccc(C(=O)NC2c3ccccc3CC2O)c1. The third kappa shape index (κ3) is 3.44. The second kappa shape index (κ2) is 6.52. The van der Waals surface area contributed by atoms with Crippen molar-refractivity contribution in [2.24, 2.45) is 0 Å². The molecule has 0 aliphatic heterocycles. The molecule has 0 saturated carbocycles. The molecule has 0 bridgehead atoms. The number of carbonyl (C=O) groups excluding carboxylic acids is 1. The van der Waals surface area contributed by atoms with E-state index in [9.17, 15) is 9.90 Å². The molecule has 4 nitrogen and oxygen atoms in total. The molecule has 4 heteroatoms. The van der Waals surface area contributed by atoms with Gasteiger partial charge in [-0.2, -0.15) is 0 Å². The van der Waals surface area contributed by atoms with E-state index in [1.807, 2.05) is 62.6 Å². The van der Waals surface area contributed by atoms with Crippen molar-refractivity contribution in [3.05, 3.63) is 70.8 Å². The number of rotatable bonds is 4. The van der Waals surface area contributed by atoms with E-state index in [0.29, 0.717) is 12.0 Å². The number of nitrogens with zero attached hydrogens (tertiary/aromatic N) is 1. The molecule has 1 aliphatic carbocycles. The molecule has 3 rings (SSSR count). The maximum atomic E-state index is 12.6. The normalized spacial score (nSPS) is 19.7. The first-order chi connectivity index (χ1) is 11.0. The molecular formula is C19H22N2O2. The Balaban J connectivity index is 1.77. The van der Waals surface area contributed by atoms with Crippen LogP contribution in [0.3, 0.4) is 0 Å². The number of aliphatic hydroxyl groups is 1. The second-order valence-electron chi connectivity index (χ2n) is 6.36. The van der Waals surface area contributed by atoms with Gasteiger partial charge in [0.2, 0.25) is 0 Å². The summed E-state index contributed by atoms with van der Waals surface area (Å²) in [7, 11) is 4.00. The first-order valence-electron chi connectivity index (χ1n) is 7.85. The van der Waals surface area contributed by atoms with Crippen LogP contribution in [0, 0.1) is 0 Å². The molecule has 2 unspecified atom stereocenters. The van der Waals surface area contributed by atoms with E-state index in [2.05, 4.69) is 10.2 Å². The number of carbonyl (C=O) groups is 1. The lowest BCUT2D eigenvalue weighted by Gasteiger charge is -2.18. The van der Waals surface area contributed by atoms with Crippen LogP contribution in [0.2, 0.25) is 0 Å². The lowest BCUT2D eigenvalue weighted by molar-refractivity contribution is 0.0858. The summed E-state index contributed by atoms with van der Waals surface area (Å²) in [6, 6.07) is 15.2. The summed E-state index contributed by atoms with van der Waals surface area (Å²) in [5, 5.41) is 13.2. The molecule has 0 radical (unpaired) electrons. The van der Waals surface area contributed by atoms with Gasteiger partial charge in [-0.25, -0.2) is 0 Å². The molecule has 23 heavy (non-hydrogen) atoms. The van der Waals surface area contributed by atoms with Gasteiger partial charge in [0.1, 0.15) is 0 Å². The summed E-state index contributed by atoms with van der Waals surface area (Å²) in [5.74, 6) is -0.147. The molecular weight excluding hydrogens is 288 g/mol. The average Bonchev–Trinajstić information content (AvgIpc) is 2.83.